The number of hydrogen-bond donors (Lipinski definition) is 1. The van der Waals surface area contributed by atoms with Crippen molar-refractivity contribution >= 4 is 10.2 Å². The summed E-state index contributed by atoms with van der Waals surface area (Å²) in [4.78, 5) is 0. The van der Waals surface area contributed by atoms with Crippen LogP contribution < -0.4 is 0 Å². The van der Waals surface area contributed by atoms with E-state index in [9.17, 15) is 13.5 Å². The van der Waals surface area contributed by atoms with E-state index in [4.69, 9.17) is 0 Å². The Kier molecular flexibility index (Phi) is 6.73. The lowest BCUT2D eigenvalue weighted by atomic mass is 9.98. The van der Waals surface area contributed by atoms with Gasteiger partial charge in [-0.05, 0) is 25.7 Å². The van der Waals surface area contributed by atoms with Gasteiger partial charge >= 0.3 is 0 Å². The van der Waals surface area contributed by atoms with E-state index in [-0.39, 0.29) is 6.04 Å². The van der Waals surface area contributed by atoms with Gasteiger partial charge in [-0.15, -0.1) is 0 Å². The van der Waals surface area contributed by atoms with E-state index in [1.54, 1.807) is 7.05 Å². The van der Waals surface area contributed by atoms with Crippen molar-refractivity contribution in [2.45, 2.75) is 64.5 Å². The molecule has 0 unspecified atom stereocenters. The van der Waals surface area contributed by atoms with Crippen LogP contribution in [0, 0.1) is 0 Å². The number of rotatable bonds is 7. The van der Waals surface area contributed by atoms with Gasteiger partial charge in [-0.1, -0.05) is 26.7 Å². The van der Waals surface area contributed by atoms with Crippen LogP contribution in [0.25, 0.3) is 0 Å². The molecule has 0 bridgehead atoms. The summed E-state index contributed by atoms with van der Waals surface area (Å²) in [6.07, 6.45) is 4.51. The summed E-state index contributed by atoms with van der Waals surface area (Å²) < 4.78 is 28.1. The summed E-state index contributed by atoms with van der Waals surface area (Å²) in [5, 5.41) is 10.0. The molecule has 1 rings (SSSR count). The van der Waals surface area contributed by atoms with Crippen LogP contribution in [0.5, 0.6) is 0 Å². The number of hydrogen-bond acceptors (Lipinski definition) is 3. The van der Waals surface area contributed by atoms with Crippen LogP contribution in [-0.4, -0.2) is 54.4 Å². The first-order valence-corrected chi connectivity index (χ1v) is 8.76. The molecule has 0 radical (unpaired) electrons. The molecule has 0 spiro atoms. The Morgan fingerprint density at radius 2 is 2.05 bits per heavy atom. The Morgan fingerprint density at radius 1 is 1.37 bits per heavy atom. The van der Waals surface area contributed by atoms with E-state index in [2.05, 4.69) is 0 Å². The zero-order valence-electron chi connectivity index (χ0n) is 12.4. The summed E-state index contributed by atoms with van der Waals surface area (Å²) in [6.45, 7) is 5.01. The lowest BCUT2D eigenvalue weighted by molar-refractivity contribution is 0.0638. The first kappa shape index (κ1) is 16.9. The molecular weight excluding hydrogens is 264 g/mol. The quantitative estimate of drug-likeness (QED) is 0.775. The van der Waals surface area contributed by atoms with Gasteiger partial charge in [0.15, 0.2) is 0 Å². The van der Waals surface area contributed by atoms with Crippen molar-refractivity contribution in [3.63, 3.8) is 0 Å². The number of nitrogens with zero attached hydrogens (tertiary/aromatic N) is 2. The van der Waals surface area contributed by atoms with Crippen molar-refractivity contribution in [3.05, 3.63) is 0 Å². The van der Waals surface area contributed by atoms with Crippen molar-refractivity contribution in [1.82, 2.24) is 8.61 Å². The highest BCUT2D eigenvalue weighted by atomic mass is 32.2. The highest BCUT2D eigenvalue weighted by molar-refractivity contribution is 7.86. The van der Waals surface area contributed by atoms with E-state index < -0.39 is 16.3 Å². The first-order valence-electron chi connectivity index (χ1n) is 7.36. The Bertz CT molecular complexity index is 359. The molecular formula is C13H28N2O3S. The van der Waals surface area contributed by atoms with Crippen LogP contribution in [0.1, 0.15) is 52.4 Å². The molecule has 1 aliphatic rings. The van der Waals surface area contributed by atoms with Crippen molar-refractivity contribution < 1.29 is 13.5 Å². The predicted molar refractivity (Wildman–Crippen MR) is 77.1 cm³/mol. The maximum absolute atomic E-state index is 12.6. The third-order valence-corrected chi connectivity index (χ3v) is 5.89. The minimum atomic E-state index is -3.43. The van der Waals surface area contributed by atoms with Gasteiger partial charge in [0.1, 0.15) is 0 Å². The normalized spacial score (nSPS) is 23.7. The molecule has 0 aromatic heterocycles. The second kappa shape index (κ2) is 7.57. The maximum Gasteiger partial charge on any atom is 0.282 e. The van der Waals surface area contributed by atoms with Crippen LogP contribution >= 0.6 is 0 Å². The standard InChI is InChI=1S/C13H28N2O3S/c1-4-6-10-14(3)19(17,18)15-11-8-7-9-12(15)13(16)5-2/h12-13,16H,4-11H2,1-3H3/t12-,13-/m0/s1. The molecule has 2 atom stereocenters. The zero-order valence-corrected chi connectivity index (χ0v) is 13.2. The highest BCUT2D eigenvalue weighted by Gasteiger charge is 2.37. The molecule has 0 aliphatic carbocycles. The number of piperidine rings is 1. The fourth-order valence-corrected chi connectivity index (χ4v) is 4.21. The second-order valence-corrected chi connectivity index (χ2v) is 7.32. The van der Waals surface area contributed by atoms with E-state index >= 15 is 0 Å². The monoisotopic (exact) mass is 292 g/mol. The lowest BCUT2D eigenvalue weighted by Crippen LogP contribution is -2.53. The molecule has 1 fully saturated rings. The fraction of sp³-hybridized carbons (Fsp3) is 1.00. The van der Waals surface area contributed by atoms with Crippen LogP contribution in [0.2, 0.25) is 0 Å². The van der Waals surface area contributed by atoms with Crippen LogP contribution in [0.4, 0.5) is 0 Å². The molecule has 1 N–H and O–H groups in total. The molecule has 19 heavy (non-hydrogen) atoms. The van der Waals surface area contributed by atoms with E-state index in [0.29, 0.717) is 19.5 Å². The predicted octanol–water partition coefficient (Wildman–Crippen LogP) is 1.59. The van der Waals surface area contributed by atoms with E-state index in [1.807, 2.05) is 13.8 Å². The molecule has 114 valence electrons. The Hall–Kier alpha value is -0.170. The average molecular weight is 292 g/mol. The third-order valence-electron chi connectivity index (χ3n) is 3.88. The van der Waals surface area contributed by atoms with Crippen molar-refractivity contribution in [1.29, 1.82) is 0 Å². The molecule has 1 saturated heterocycles. The van der Waals surface area contributed by atoms with Crippen LogP contribution in [-0.2, 0) is 10.2 Å². The van der Waals surface area contributed by atoms with Crippen molar-refractivity contribution in [2.24, 2.45) is 0 Å². The second-order valence-electron chi connectivity index (χ2n) is 5.33. The highest BCUT2D eigenvalue weighted by Crippen LogP contribution is 2.25. The number of aliphatic hydroxyl groups is 1. The van der Waals surface area contributed by atoms with Gasteiger partial charge in [0.2, 0.25) is 0 Å². The first-order chi connectivity index (χ1) is 8.95. The van der Waals surface area contributed by atoms with Gasteiger partial charge in [0, 0.05) is 20.1 Å². The molecule has 1 aliphatic heterocycles. The third kappa shape index (κ3) is 4.15. The number of aliphatic hydroxyl groups excluding tert-OH is 1. The Balaban J connectivity index is 2.83. The van der Waals surface area contributed by atoms with Crippen molar-refractivity contribution in [2.75, 3.05) is 20.1 Å². The topological polar surface area (TPSA) is 60.9 Å². The van der Waals surface area contributed by atoms with Gasteiger partial charge in [0.25, 0.3) is 10.2 Å². The minimum absolute atomic E-state index is 0.257. The number of unbranched alkanes of at least 4 members (excludes halogenated alkanes) is 1. The van der Waals surface area contributed by atoms with Crippen LogP contribution in [0.15, 0.2) is 0 Å². The van der Waals surface area contributed by atoms with Gasteiger partial charge < -0.3 is 5.11 Å². The largest absolute Gasteiger partial charge is 0.391 e. The fourth-order valence-electron chi connectivity index (χ4n) is 2.55. The SMILES string of the molecule is CCCCN(C)S(=O)(=O)N1CCCC[C@H]1[C@@H](O)CC. The maximum atomic E-state index is 12.6. The molecule has 5 nitrogen and oxygen atoms in total. The molecule has 6 heteroatoms. The lowest BCUT2D eigenvalue weighted by Gasteiger charge is -2.39. The van der Waals surface area contributed by atoms with Crippen molar-refractivity contribution in [3.8, 4) is 0 Å². The van der Waals surface area contributed by atoms with E-state index in [1.165, 1.54) is 8.61 Å². The smallest absolute Gasteiger partial charge is 0.282 e. The molecule has 0 saturated carbocycles. The molecule has 1 heterocycles. The summed E-state index contributed by atoms with van der Waals surface area (Å²) in [5.74, 6) is 0. The van der Waals surface area contributed by atoms with Gasteiger partial charge in [-0.3, -0.25) is 0 Å². The summed E-state index contributed by atoms with van der Waals surface area (Å²) >= 11 is 0. The van der Waals surface area contributed by atoms with Crippen LogP contribution in [0.3, 0.4) is 0 Å². The summed E-state index contributed by atoms with van der Waals surface area (Å²) in [5.41, 5.74) is 0. The van der Waals surface area contributed by atoms with Gasteiger partial charge in [-0.25, -0.2) is 0 Å². The Morgan fingerprint density at radius 3 is 2.63 bits per heavy atom. The molecule has 0 aromatic rings. The van der Waals surface area contributed by atoms with Gasteiger partial charge in [0.05, 0.1) is 12.1 Å². The average Bonchev–Trinajstić information content (AvgIpc) is 2.43. The van der Waals surface area contributed by atoms with Gasteiger partial charge in [-0.2, -0.15) is 17.0 Å². The van der Waals surface area contributed by atoms with E-state index in [0.717, 1.165) is 32.1 Å². The summed E-state index contributed by atoms with van der Waals surface area (Å²) in [6, 6.07) is -0.257. The summed E-state index contributed by atoms with van der Waals surface area (Å²) in [7, 11) is -1.80. The molecule has 0 amide bonds. The minimum Gasteiger partial charge on any atom is -0.391 e. The molecule has 0 aromatic carbocycles. The Labute approximate surface area is 117 Å². The zero-order chi connectivity index (χ0) is 14.5.